The molecule has 10 heteroatoms. The van der Waals surface area contributed by atoms with Crippen molar-refractivity contribution in [1.82, 2.24) is 24.6 Å². The lowest BCUT2D eigenvalue weighted by Gasteiger charge is -2.16. The number of benzene rings is 1. The van der Waals surface area contributed by atoms with Crippen LogP contribution in [-0.2, 0) is 13.2 Å². The van der Waals surface area contributed by atoms with Gasteiger partial charge < -0.3 is 14.5 Å². The maximum atomic E-state index is 12.8. The van der Waals surface area contributed by atoms with E-state index in [1.54, 1.807) is 36.2 Å². The van der Waals surface area contributed by atoms with E-state index >= 15 is 0 Å². The van der Waals surface area contributed by atoms with Crippen molar-refractivity contribution in [3.05, 3.63) is 64.1 Å². The molecule has 1 saturated heterocycles. The second-order valence-electron chi connectivity index (χ2n) is 9.27. The molecule has 3 aromatic rings. The van der Waals surface area contributed by atoms with Crippen LogP contribution in [0.15, 0.2) is 52.5 Å². The van der Waals surface area contributed by atoms with Crippen LogP contribution in [0.1, 0.15) is 36.3 Å². The Kier molecular flexibility index (Phi) is 6.05. The Morgan fingerprint density at radius 2 is 1.97 bits per heavy atom. The number of likely N-dealkylation sites (tertiary alicyclic amines) is 1. The maximum Gasteiger partial charge on any atom is 0.416 e. The first kappa shape index (κ1) is 23.2. The van der Waals surface area contributed by atoms with Crippen LogP contribution in [0.4, 0.5) is 13.2 Å². The van der Waals surface area contributed by atoms with E-state index in [0.29, 0.717) is 11.7 Å². The van der Waals surface area contributed by atoms with Crippen LogP contribution in [0, 0.1) is 5.41 Å². The third-order valence-electron chi connectivity index (χ3n) is 7.02. The highest BCUT2D eigenvalue weighted by atomic mass is 32.2. The molecule has 1 N–H and O–H groups in total. The van der Waals surface area contributed by atoms with Crippen molar-refractivity contribution in [1.29, 1.82) is 0 Å². The molecule has 5 rings (SSSR count). The van der Waals surface area contributed by atoms with E-state index in [1.807, 2.05) is 11.6 Å². The Hall–Kier alpha value is -2.59. The van der Waals surface area contributed by atoms with Crippen LogP contribution in [0.2, 0.25) is 0 Å². The molecule has 0 amide bonds. The number of aromatic nitrogens is 4. The van der Waals surface area contributed by atoms with Crippen molar-refractivity contribution in [2.75, 3.05) is 25.4 Å². The molecule has 1 unspecified atom stereocenters. The number of thioether (sulfide) groups is 1. The fraction of sp³-hybridized carbons (Fsp3) is 0.458. The van der Waals surface area contributed by atoms with Crippen molar-refractivity contribution in [3.8, 4) is 11.4 Å². The molecular formula is C24H26F3N5OS. The van der Waals surface area contributed by atoms with Gasteiger partial charge in [0.2, 0.25) is 5.56 Å². The molecule has 1 saturated carbocycles. The molecule has 1 aromatic carbocycles. The van der Waals surface area contributed by atoms with E-state index in [9.17, 15) is 18.0 Å². The number of halogens is 3. The van der Waals surface area contributed by atoms with Gasteiger partial charge in [0, 0.05) is 37.2 Å². The number of aromatic amines is 1. The number of nitrogens with zero attached hydrogens (tertiary/aromatic N) is 4. The summed E-state index contributed by atoms with van der Waals surface area (Å²) >= 11 is 1.66. The molecular weight excluding hydrogens is 463 g/mol. The van der Waals surface area contributed by atoms with Gasteiger partial charge in [0.15, 0.2) is 11.0 Å². The molecule has 1 aliphatic carbocycles. The van der Waals surface area contributed by atoms with Crippen LogP contribution >= 0.6 is 11.8 Å². The molecule has 0 bridgehead atoms. The minimum atomic E-state index is -4.28. The first-order valence-corrected chi connectivity index (χ1v) is 12.3. The van der Waals surface area contributed by atoms with Gasteiger partial charge in [0.25, 0.3) is 0 Å². The van der Waals surface area contributed by atoms with Gasteiger partial charge in [-0.05, 0) is 67.4 Å². The molecule has 1 spiro atoms. The largest absolute Gasteiger partial charge is 0.416 e. The first-order valence-electron chi connectivity index (χ1n) is 11.4. The van der Waals surface area contributed by atoms with Crippen LogP contribution < -0.4 is 5.56 Å². The summed E-state index contributed by atoms with van der Waals surface area (Å²) in [5, 5.41) is 9.37. The number of hydrogen-bond donors (Lipinski definition) is 1. The highest BCUT2D eigenvalue weighted by molar-refractivity contribution is 7.99. The Balaban J connectivity index is 1.09. The van der Waals surface area contributed by atoms with E-state index in [0.717, 1.165) is 60.9 Å². The normalized spacial score (nSPS) is 22.5. The molecule has 3 heterocycles. The first-order chi connectivity index (χ1) is 16.2. The topological polar surface area (TPSA) is 66.8 Å². The van der Waals surface area contributed by atoms with Gasteiger partial charge in [-0.15, -0.1) is 10.2 Å². The summed E-state index contributed by atoms with van der Waals surface area (Å²) in [5.74, 6) is 2.01. The fourth-order valence-corrected chi connectivity index (χ4v) is 5.88. The highest BCUT2D eigenvalue weighted by Crippen LogP contribution is 2.64. The number of rotatable bonds is 7. The van der Waals surface area contributed by atoms with Gasteiger partial charge in [-0.3, -0.25) is 4.79 Å². The van der Waals surface area contributed by atoms with E-state index in [2.05, 4.69) is 20.1 Å². The predicted molar refractivity (Wildman–Crippen MR) is 125 cm³/mol. The van der Waals surface area contributed by atoms with E-state index in [4.69, 9.17) is 0 Å². The molecule has 6 nitrogen and oxygen atoms in total. The van der Waals surface area contributed by atoms with Crippen molar-refractivity contribution in [2.45, 2.75) is 36.5 Å². The number of alkyl halides is 3. The van der Waals surface area contributed by atoms with Gasteiger partial charge in [0.1, 0.15) is 0 Å². The zero-order chi connectivity index (χ0) is 23.9. The van der Waals surface area contributed by atoms with Gasteiger partial charge in [-0.25, -0.2) is 0 Å². The summed E-state index contributed by atoms with van der Waals surface area (Å²) in [6, 6.07) is 8.94. The Bertz CT molecular complexity index is 1200. The average Bonchev–Trinajstić information content (AvgIpc) is 3.16. The minimum Gasteiger partial charge on any atom is -0.328 e. The maximum absolute atomic E-state index is 12.8. The second kappa shape index (κ2) is 8.88. The number of H-pyrrole nitrogens is 1. The summed E-state index contributed by atoms with van der Waals surface area (Å²) in [7, 11) is 1.92. The summed E-state index contributed by atoms with van der Waals surface area (Å²) in [4.78, 5) is 16.4. The summed E-state index contributed by atoms with van der Waals surface area (Å²) in [5.41, 5.74) is 1.36. The lowest BCUT2D eigenvalue weighted by atomic mass is 9.97. The second-order valence-corrected chi connectivity index (χ2v) is 10.3. The lowest BCUT2D eigenvalue weighted by molar-refractivity contribution is -0.137. The average molecular weight is 490 g/mol. The van der Waals surface area contributed by atoms with Crippen LogP contribution in [0.3, 0.4) is 0 Å². The zero-order valence-corrected chi connectivity index (χ0v) is 19.6. The van der Waals surface area contributed by atoms with Crippen LogP contribution in [0.25, 0.3) is 11.4 Å². The van der Waals surface area contributed by atoms with Crippen LogP contribution in [-0.4, -0.2) is 50.0 Å². The van der Waals surface area contributed by atoms with E-state index < -0.39 is 11.7 Å². The molecule has 2 atom stereocenters. The zero-order valence-electron chi connectivity index (χ0n) is 18.8. The third-order valence-corrected chi connectivity index (χ3v) is 8.13. The summed E-state index contributed by atoms with van der Waals surface area (Å²) < 4.78 is 40.4. The molecule has 2 fully saturated rings. The highest BCUT2D eigenvalue weighted by Gasteiger charge is 2.57. The predicted octanol–water partition coefficient (Wildman–Crippen LogP) is 4.55. The third kappa shape index (κ3) is 4.65. The van der Waals surface area contributed by atoms with Gasteiger partial charge in [-0.2, -0.15) is 13.2 Å². The van der Waals surface area contributed by atoms with E-state index in [-0.39, 0.29) is 11.0 Å². The lowest BCUT2D eigenvalue weighted by Crippen LogP contribution is -2.23. The summed E-state index contributed by atoms with van der Waals surface area (Å²) in [6.45, 7) is 3.06. The minimum absolute atomic E-state index is 0.152. The standard InChI is InChI=1S/C24H26F3N5OS/c1-31-21(17-5-8-20(33)28-14-17)29-30-22(31)34-12-2-10-32-11-9-23(15-32)13-19(23)16-3-6-18(7-4-16)24(25,26)27/h3-8,14,19H,2,9-13,15H2,1H3,(H,28,33)/t19-,23?/m0/s1. The van der Waals surface area contributed by atoms with Gasteiger partial charge >= 0.3 is 6.18 Å². The van der Waals surface area contributed by atoms with Gasteiger partial charge in [-0.1, -0.05) is 23.9 Å². The molecule has 34 heavy (non-hydrogen) atoms. The van der Waals surface area contributed by atoms with Crippen molar-refractivity contribution in [3.63, 3.8) is 0 Å². The number of nitrogens with one attached hydrogen (secondary N) is 1. The molecule has 2 aliphatic rings. The fourth-order valence-electron chi connectivity index (χ4n) is 5.04. The smallest absolute Gasteiger partial charge is 0.328 e. The van der Waals surface area contributed by atoms with Gasteiger partial charge in [0.05, 0.1) is 5.56 Å². The molecule has 180 valence electrons. The Morgan fingerprint density at radius 1 is 1.18 bits per heavy atom. The Morgan fingerprint density at radius 3 is 2.68 bits per heavy atom. The SMILES string of the molecule is Cn1c(SCCCN2CCC3(C[C@H]3c3ccc(C(F)(F)F)cc3)C2)nnc1-c1ccc(=O)[nH]c1. The molecule has 0 radical (unpaired) electrons. The molecule has 1 aliphatic heterocycles. The molecule has 2 aromatic heterocycles. The van der Waals surface area contributed by atoms with Crippen molar-refractivity contribution in [2.24, 2.45) is 12.5 Å². The summed E-state index contributed by atoms with van der Waals surface area (Å²) in [6.07, 6.45) is 0.552. The number of pyridine rings is 1. The van der Waals surface area contributed by atoms with E-state index in [1.165, 1.54) is 18.2 Å². The quantitative estimate of drug-likeness (QED) is 0.390. The van der Waals surface area contributed by atoms with Crippen LogP contribution in [0.5, 0.6) is 0 Å². The monoisotopic (exact) mass is 489 g/mol. The number of hydrogen-bond acceptors (Lipinski definition) is 5. The van der Waals surface area contributed by atoms with Crippen molar-refractivity contribution >= 4 is 11.8 Å². The Labute approximate surface area is 199 Å². The van der Waals surface area contributed by atoms with Crippen molar-refractivity contribution < 1.29 is 13.2 Å².